The zero-order valence-corrected chi connectivity index (χ0v) is 20.1. The van der Waals surface area contributed by atoms with Gasteiger partial charge in [-0.3, -0.25) is 0 Å². The molecule has 32 heavy (non-hydrogen) atoms. The third kappa shape index (κ3) is 3.96. The Bertz CT molecular complexity index is 1060. The third-order valence-corrected chi connectivity index (χ3v) is 9.67. The van der Waals surface area contributed by atoms with Crippen molar-refractivity contribution >= 4 is 23.1 Å². The summed E-state index contributed by atoms with van der Waals surface area (Å²) >= 11 is 3.46. The van der Waals surface area contributed by atoms with E-state index in [0.29, 0.717) is 5.41 Å². The second kappa shape index (κ2) is 8.45. The Morgan fingerprint density at radius 2 is 1.78 bits per heavy atom. The number of rotatable bonds is 8. The fourth-order valence-electron chi connectivity index (χ4n) is 6.94. The maximum Gasteiger partial charge on any atom is 0.191 e. The minimum atomic E-state index is 0.474. The second-order valence-corrected chi connectivity index (χ2v) is 12.0. The molecule has 2 aromatic heterocycles. The highest BCUT2D eigenvalue weighted by Crippen LogP contribution is 2.61. The summed E-state index contributed by atoms with van der Waals surface area (Å²) in [7, 11) is 0. The van der Waals surface area contributed by atoms with Crippen LogP contribution in [-0.4, -0.2) is 19.7 Å². The lowest BCUT2D eigenvalue weighted by molar-refractivity contribution is -0.0535. The highest BCUT2D eigenvalue weighted by Gasteiger charge is 2.51. The van der Waals surface area contributed by atoms with Crippen LogP contribution in [0.1, 0.15) is 50.0 Å². The molecule has 166 valence electrons. The van der Waals surface area contributed by atoms with E-state index in [0.717, 1.165) is 58.2 Å². The largest absolute Gasteiger partial charge is 0.302 e. The molecule has 0 N–H and O–H groups in total. The van der Waals surface area contributed by atoms with E-state index in [9.17, 15) is 0 Å². The second-order valence-electron chi connectivity index (χ2n) is 10.2. The SMILES string of the molecule is C=CCn1c(CC23CC4CC(CC(C4)C2)C3)nnc1SCc1csc(-c2ccccc2)n1. The lowest BCUT2D eigenvalue weighted by atomic mass is 9.49. The molecule has 1 aromatic carbocycles. The third-order valence-electron chi connectivity index (χ3n) is 7.72. The quantitative estimate of drug-likeness (QED) is 0.278. The lowest BCUT2D eigenvalue weighted by Gasteiger charge is -2.56. The molecule has 0 radical (unpaired) electrons. The van der Waals surface area contributed by atoms with Crippen LogP contribution < -0.4 is 0 Å². The summed E-state index contributed by atoms with van der Waals surface area (Å²) in [4.78, 5) is 4.85. The minimum Gasteiger partial charge on any atom is -0.302 e. The molecule has 0 unspecified atom stereocenters. The van der Waals surface area contributed by atoms with E-state index in [1.54, 1.807) is 23.1 Å². The molecule has 4 saturated carbocycles. The highest BCUT2D eigenvalue weighted by atomic mass is 32.2. The van der Waals surface area contributed by atoms with E-state index in [-0.39, 0.29) is 0 Å². The summed E-state index contributed by atoms with van der Waals surface area (Å²) in [5.74, 6) is 4.88. The van der Waals surface area contributed by atoms with Crippen LogP contribution in [0, 0.1) is 23.2 Å². The molecule has 3 aromatic rings. The predicted molar refractivity (Wildman–Crippen MR) is 132 cm³/mol. The molecule has 2 heterocycles. The molecule has 0 atom stereocenters. The van der Waals surface area contributed by atoms with Gasteiger partial charge in [0.1, 0.15) is 10.8 Å². The minimum absolute atomic E-state index is 0.474. The van der Waals surface area contributed by atoms with Crippen LogP contribution in [0.4, 0.5) is 0 Å². The summed E-state index contributed by atoms with van der Waals surface area (Å²) < 4.78 is 2.31. The predicted octanol–water partition coefficient (Wildman–Crippen LogP) is 6.64. The number of thiazole rings is 1. The molecule has 0 saturated heterocycles. The van der Waals surface area contributed by atoms with E-state index in [1.165, 1.54) is 44.1 Å². The number of benzene rings is 1. The first-order valence-corrected chi connectivity index (χ1v) is 13.7. The number of hydrogen-bond acceptors (Lipinski definition) is 5. The number of thioether (sulfide) groups is 1. The van der Waals surface area contributed by atoms with Crippen LogP contribution in [0.25, 0.3) is 10.6 Å². The van der Waals surface area contributed by atoms with Crippen molar-refractivity contribution in [2.45, 2.75) is 62.4 Å². The first-order valence-electron chi connectivity index (χ1n) is 11.9. The zero-order valence-electron chi connectivity index (χ0n) is 18.4. The molecular formula is C26H30N4S2. The van der Waals surface area contributed by atoms with Gasteiger partial charge in [0, 0.05) is 29.7 Å². The molecule has 4 bridgehead atoms. The zero-order chi connectivity index (χ0) is 21.5. The number of nitrogens with zero attached hydrogens (tertiary/aromatic N) is 4. The van der Waals surface area contributed by atoms with E-state index in [1.807, 2.05) is 12.1 Å². The number of hydrogen-bond donors (Lipinski definition) is 0. The van der Waals surface area contributed by atoms with Gasteiger partial charge in [-0.2, -0.15) is 0 Å². The summed E-state index contributed by atoms with van der Waals surface area (Å²) in [6, 6.07) is 10.4. The Hall–Kier alpha value is -1.92. The topological polar surface area (TPSA) is 43.6 Å². The van der Waals surface area contributed by atoms with Gasteiger partial charge in [-0.05, 0) is 61.7 Å². The van der Waals surface area contributed by atoms with Gasteiger partial charge in [0.2, 0.25) is 0 Å². The molecule has 4 nitrogen and oxygen atoms in total. The number of allylic oxidation sites excluding steroid dienone is 1. The average molecular weight is 463 g/mol. The summed E-state index contributed by atoms with van der Waals surface area (Å²) in [6.07, 6.45) is 11.7. The van der Waals surface area contributed by atoms with Crippen LogP contribution >= 0.6 is 23.1 Å². The Kier molecular flexibility index (Phi) is 5.46. The highest BCUT2D eigenvalue weighted by molar-refractivity contribution is 7.98. The van der Waals surface area contributed by atoms with Crippen molar-refractivity contribution in [2.75, 3.05) is 0 Å². The van der Waals surface area contributed by atoms with Gasteiger partial charge in [-0.1, -0.05) is 48.2 Å². The number of aromatic nitrogens is 4. The molecule has 4 fully saturated rings. The van der Waals surface area contributed by atoms with Crippen LogP contribution in [0.5, 0.6) is 0 Å². The van der Waals surface area contributed by atoms with E-state index < -0.39 is 0 Å². The van der Waals surface area contributed by atoms with Gasteiger partial charge >= 0.3 is 0 Å². The summed E-state index contributed by atoms with van der Waals surface area (Å²) in [5, 5.41) is 13.6. The molecule has 4 aliphatic carbocycles. The van der Waals surface area contributed by atoms with Crippen LogP contribution in [0.2, 0.25) is 0 Å². The molecular weight excluding hydrogens is 432 g/mol. The average Bonchev–Trinajstić information content (AvgIpc) is 3.40. The molecule has 0 aliphatic heterocycles. The van der Waals surface area contributed by atoms with Crippen molar-refractivity contribution in [2.24, 2.45) is 23.2 Å². The van der Waals surface area contributed by atoms with Crippen LogP contribution in [0.3, 0.4) is 0 Å². The summed E-state index contributed by atoms with van der Waals surface area (Å²) in [5.41, 5.74) is 2.76. The van der Waals surface area contributed by atoms with Gasteiger partial charge in [-0.15, -0.1) is 28.1 Å². The maximum atomic E-state index is 4.85. The van der Waals surface area contributed by atoms with Crippen molar-refractivity contribution in [3.8, 4) is 10.6 Å². The Morgan fingerprint density at radius 1 is 1.06 bits per heavy atom. The van der Waals surface area contributed by atoms with Crippen molar-refractivity contribution in [1.82, 2.24) is 19.7 Å². The van der Waals surface area contributed by atoms with Crippen molar-refractivity contribution in [1.29, 1.82) is 0 Å². The van der Waals surface area contributed by atoms with Crippen molar-refractivity contribution in [3.05, 3.63) is 59.9 Å². The molecule has 0 spiro atoms. The first kappa shape index (κ1) is 20.7. The van der Waals surface area contributed by atoms with Gasteiger partial charge in [0.05, 0.1) is 5.69 Å². The van der Waals surface area contributed by atoms with Gasteiger partial charge in [-0.25, -0.2) is 4.98 Å². The fourth-order valence-corrected chi connectivity index (χ4v) is 8.73. The maximum absolute atomic E-state index is 4.85. The molecule has 6 heteroatoms. The molecule has 0 amide bonds. The smallest absolute Gasteiger partial charge is 0.191 e. The van der Waals surface area contributed by atoms with Gasteiger partial charge in [0.25, 0.3) is 0 Å². The monoisotopic (exact) mass is 462 g/mol. The van der Waals surface area contributed by atoms with E-state index in [2.05, 4.69) is 45.9 Å². The lowest BCUT2D eigenvalue weighted by Crippen LogP contribution is -2.47. The van der Waals surface area contributed by atoms with E-state index >= 15 is 0 Å². The van der Waals surface area contributed by atoms with Crippen molar-refractivity contribution < 1.29 is 0 Å². The molecule has 7 rings (SSSR count). The Balaban J connectivity index is 1.18. The van der Waals surface area contributed by atoms with Gasteiger partial charge in [0.15, 0.2) is 5.16 Å². The van der Waals surface area contributed by atoms with E-state index in [4.69, 9.17) is 10.1 Å². The van der Waals surface area contributed by atoms with Gasteiger partial charge < -0.3 is 4.57 Å². The van der Waals surface area contributed by atoms with Crippen molar-refractivity contribution in [3.63, 3.8) is 0 Å². The fraction of sp³-hybridized carbons (Fsp3) is 0.500. The Morgan fingerprint density at radius 3 is 2.47 bits per heavy atom. The van der Waals surface area contributed by atoms with Crippen LogP contribution in [-0.2, 0) is 18.7 Å². The Labute approximate surface area is 198 Å². The summed E-state index contributed by atoms with van der Waals surface area (Å²) in [6.45, 7) is 4.78. The normalized spacial score (nSPS) is 28.3. The standard InChI is InChI=1S/C26H30N4S2/c1-2-8-30-23(15-26-12-18-9-19(13-26)11-20(10-18)14-26)28-29-25(30)32-17-22-16-31-24(27-22)21-6-4-3-5-7-21/h2-7,16,18-20H,1,8-15,17H2. The first-order chi connectivity index (χ1) is 15.7. The van der Waals surface area contributed by atoms with Crippen LogP contribution in [0.15, 0.2) is 53.5 Å². The molecule has 4 aliphatic rings.